The second kappa shape index (κ2) is 7.62. The van der Waals surface area contributed by atoms with Crippen molar-refractivity contribution >= 4 is 0 Å². The number of nitrogens with one attached hydrogen (secondary N) is 1. The van der Waals surface area contributed by atoms with E-state index in [1.807, 2.05) is 32.0 Å². The minimum absolute atomic E-state index is 0.0691. The third-order valence-corrected chi connectivity index (χ3v) is 4.30. The van der Waals surface area contributed by atoms with Gasteiger partial charge in [-0.25, -0.2) is 0 Å². The first kappa shape index (κ1) is 18.6. The maximum absolute atomic E-state index is 9.67. The van der Waals surface area contributed by atoms with Crippen LogP contribution in [0.2, 0.25) is 0 Å². The molecule has 0 spiro atoms. The Morgan fingerprint density at radius 1 is 1.33 bits per heavy atom. The number of aromatic amines is 1. The van der Waals surface area contributed by atoms with Crippen molar-refractivity contribution in [1.82, 2.24) is 10.2 Å². The topological polar surface area (TPSA) is 106 Å². The number of H-pyrrole nitrogens is 1. The number of rotatable bonds is 6. The van der Waals surface area contributed by atoms with Crippen molar-refractivity contribution in [2.24, 2.45) is 11.7 Å². The number of nitrogens with two attached hydrogens (primary N) is 1. The molecule has 2 heterocycles. The van der Waals surface area contributed by atoms with Gasteiger partial charge >= 0.3 is 0 Å². The molecule has 7 heteroatoms. The second-order valence-electron chi connectivity index (χ2n) is 6.84. The molecule has 0 saturated heterocycles. The van der Waals surface area contributed by atoms with E-state index >= 15 is 0 Å². The molecule has 142 valence electrons. The van der Waals surface area contributed by atoms with Crippen LogP contribution in [-0.2, 0) is 0 Å². The van der Waals surface area contributed by atoms with Gasteiger partial charge in [0.2, 0.25) is 11.8 Å². The predicted molar refractivity (Wildman–Crippen MR) is 101 cm³/mol. The number of hydrogen-bond donors (Lipinski definition) is 2. The number of allylic oxidation sites excluding steroid dienone is 1. The number of aromatic nitrogens is 2. The molecule has 0 amide bonds. The van der Waals surface area contributed by atoms with E-state index in [9.17, 15) is 5.26 Å². The lowest BCUT2D eigenvalue weighted by Gasteiger charge is -2.24. The van der Waals surface area contributed by atoms with Crippen molar-refractivity contribution in [2.75, 3.05) is 13.2 Å². The number of nitrogens with zero attached hydrogens (tertiary/aromatic N) is 2. The molecule has 1 aliphatic heterocycles. The zero-order chi connectivity index (χ0) is 19.6. The Balaban J connectivity index is 2.08. The first-order valence-corrected chi connectivity index (χ1v) is 8.98. The fourth-order valence-electron chi connectivity index (χ4n) is 3.08. The van der Waals surface area contributed by atoms with Crippen LogP contribution in [0.5, 0.6) is 17.4 Å². The minimum atomic E-state index is -0.379. The number of aryl methyl sites for hydroxylation is 1. The summed E-state index contributed by atoms with van der Waals surface area (Å²) in [6, 6.07) is 7.88. The van der Waals surface area contributed by atoms with Crippen molar-refractivity contribution in [1.29, 1.82) is 5.26 Å². The number of nitriles is 1. The van der Waals surface area contributed by atoms with Gasteiger partial charge in [-0.3, -0.25) is 5.10 Å². The quantitative estimate of drug-likeness (QED) is 0.810. The highest BCUT2D eigenvalue weighted by Gasteiger charge is 2.34. The Morgan fingerprint density at radius 3 is 2.78 bits per heavy atom. The third kappa shape index (κ3) is 3.56. The molecule has 1 aromatic heterocycles. The summed E-state index contributed by atoms with van der Waals surface area (Å²) in [6.07, 6.45) is 0. The summed E-state index contributed by atoms with van der Waals surface area (Å²) in [7, 11) is 0. The SMILES string of the molecule is CCOc1cc([C@@H]2C(C#N)=C(N)Oc3n[nH]c(C)c32)ccc1OCC(C)C. The van der Waals surface area contributed by atoms with Crippen molar-refractivity contribution in [2.45, 2.75) is 33.6 Å². The van der Waals surface area contributed by atoms with Crippen molar-refractivity contribution in [3.63, 3.8) is 0 Å². The minimum Gasteiger partial charge on any atom is -0.490 e. The Morgan fingerprint density at radius 2 is 2.11 bits per heavy atom. The van der Waals surface area contributed by atoms with Crippen LogP contribution < -0.4 is 19.9 Å². The lowest BCUT2D eigenvalue weighted by molar-refractivity contribution is 0.248. The van der Waals surface area contributed by atoms with E-state index in [4.69, 9.17) is 19.9 Å². The maximum Gasteiger partial charge on any atom is 0.244 e. The first-order chi connectivity index (χ1) is 13.0. The maximum atomic E-state index is 9.67. The van der Waals surface area contributed by atoms with Gasteiger partial charge in [0, 0.05) is 11.3 Å². The molecule has 1 aromatic carbocycles. The summed E-state index contributed by atoms with van der Waals surface area (Å²) in [5.41, 5.74) is 8.82. The number of ether oxygens (including phenoxy) is 3. The summed E-state index contributed by atoms with van der Waals surface area (Å²) in [4.78, 5) is 0. The fraction of sp³-hybridized carbons (Fsp3) is 0.400. The van der Waals surface area contributed by atoms with Crippen LogP contribution >= 0.6 is 0 Å². The monoisotopic (exact) mass is 368 g/mol. The van der Waals surface area contributed by atoms with E-state index in [2.05, 4.69) is 30.1 Å². The van der Waals surface area contributed by atoms with Crippen LogP contribution in [-0.4, -0.2) is 23.4 Å². The summed E-state index contributed by atoms with van der Waals surface area (Å²) >= 11 is 0. The predicted octanol–water partition coefficient (Wildman–Crippen LogP) is 3.37. The zero-order valence-electron chi connectivity index (χ0n) is 16.0. The molecule has 3 N–H and O–H groups in total. The van der Waals surface area contributed by atoms with E-state index in [0.717, 1.165) is 16.8 Å². The van der Waals surface area contributed by atoms with Crippen LogP contribution in [0, 0.1) is 24.2 Å². The molecule has 27 heavy (non-hydrogen) atoms. The molecule has 0 aliphatic carbocycles. The molecule has 0 unspecified atom stereocenters. The van der Waals surface area contributed by atoms with Crippen molar-refractivity contribution < 1.29 is 14.2 Å². The average molecular weight is 368 g/mol. The molecule has 0 fully saturated rings. The van der Waals surface area contributed by atoms with Gasteiger partial charge in [0.25, 0.3) is 0 Å². The van der Waals surface area contributed by atoms with E-state index in [1.165, 1.54) is 0 Å². The summed E-state index contributed by atoms with van der Waals surface area (Å²) in [6.45, 7) is 9.10. The number of benzene rings is 1. The molecule has 1 aliphatic rings. The molecule has 0 radical (unpaired) electrons. The lowest BCUT2D eigenvalue weighted by Crippen LogP contribution is -2.21. The van der Waals surface area contributed by atoms with E-state index in [0.29, 0.717) is 42.1 Å². The van der Waals surface area contributed by atoms with E-state index < -0.39 is 0 Å². The second-order valence-corrected chi connectivity index (χ2v) is 6.84. The summed E-state index contributed by atoms with van der Waals surface area (Å²) in [5.74, 6) is 1.81. The van der Waals surface area contributed by atoms with Gasteiger partial charge in [-0.05, 0) is 37.5 Å². The normalized spacial score (nSPS) is 15.9. The highest BCUT2D eigenvalue weighted by atomic mass is 16.5. The summed E-state index contributed by atoms with van der Waals surface area (Å²) < 4.78 is 17.2. The Labute approximate surface area is 158 Å². The number of fused-ring (bicyclic) bond motifs is 1. The highest BCUT2D eigenvalue weighted by molar-refractivity contribution is 5.57. The van der Waals surface area contributed by atoms with Gasteiger partial charge in [-0.2, -0.15) is 5.26 Å². The van der Waals surface area contributed by atoms with Gasteiger partial charge in [0.05, 0.1) is 19.1 Å². The van der Waals surface area contributed by atoms with Gasteiger partial charge < -0.3 is 19.9 Å². The Bertz CT molecular complexity index is 908. The molecule has 3 rings (SSSR count). The largest absolute Gasteiger partial charge is 0.490 e. The number of hydrogen-bond acceptors (Lipinski definition) is 6. The smallest absolute Gasteiger partial charge is 0.244 e. The highest BCUT2D eigenvalue weighted by Crippen LogP contribution is 2.44. The van der Waals surface area contributed by atoms with Gasteiger partial charge in [0.1, 0.15) is 11.6 Å². The van der Waals surface area contributed by atoms with Gasteiger partial charge in [0.15, 0.2) is 11.5 Å². The van der Waals surface area contributed by atoms with Crippen molar-refractivity contribution in [3.05, 3.63) is 46.5 Å². The van der Waals surface area contributed by atoms with Crippen LogP contribution in [0.3, 0.4) is 0 Å². The van der Waals surface area contributed by atoms with Gasteiger partial charge in [-0.1, -0.05) is 19.9 Å². The van der Waals surface area contributed by atoms with Crippen LogP contribution in [0.25, 0.3) is 0 Å². The van der Waals surface area contributed by atoms with Crippen molar-refractivity contribution in [3.8, 4) is 23.4 Å². The standard InChI is InChI=1S/C20H24N4O3/c1-5-25-16-8-13(6-7-15(16)26-10-11(2)3)18-14(9-21)19(22)27-20-17(18)12(4)23-24-20/h6-8,11,18H,5,10,22H2,1-4H3,(H,23,24)/t18-/m1/s1. The van der Waals surface area contributed by atoms with E-state index in [1.54, 1.807) is 0 Å². The molecular weight excluding hydrogens is 344 g/mol. The average Bonchev–Trinajstić information content (AvgIpc) is 3.00. The summed E-state index contributed by atoms with van der Waals surface area (Å²) in [5, 5.41) is 16.7. The molecule has 7 nitrogen and oxygen atoms in total. The third-order valence-electron chi connectivity index (χ3n) is 4.30. The van der Waals surface area contributed by atoms with E-state index in [-0.39, 0.29) is 11.8 Å². The van der Waals surface area contributed by atoms with Crippen LogP contribution in [0.1, 0.15) is 43.5 Å². The molecule has 1 atom stereocenters. The Kier molecular flexibility index (Phi) is 5.26. The zero-order valence-corrected chi connectivity index (χ0v) is 16.0. The first-order valence-electron chi connectivity index (χ1n) is 8.98. The fourth-order valence-corrected chi connectivity index (χ4v) is 3.08. The molecule has 0 saturated carbocycles. The lowest BCUT2D eigenvalue weighted by atomic mass is 9.84. The molecular formula is C20H24N4O3. The molecule has 0 bridgehead atoms. The Hall–Kier alpha value is -3.14. The molecule has 2 aromatic rings. The van der Waals surface area contributed by atoms with Gasteiger partial charge in [-0.15, -0.1) is 5.10 Å². The van der Waals surface area contributed by atoms with Crippen LogP contribution in [0.15, 0.2) is 29.7 Å². The van der Waals surface area contributed by atoms with Crippen LogP contribution in [0.4, 0.5) is 0 Å².